The molecule has 0 saturated carbocycles. The molecule has 1 unspecified atom stereocenters. The van der Waals surface area contributed by atoms with Gasteiger partial charge in [-0.3, -0.25) is 4.79 Å². The van der Waals surface area contributed by atoms with Gasteiger partial charge in [0.25, 0.3) is 0 Å². The molecule has 1 aromatic carbocycles. The second-order valence-electron chi connectivity index (χ2n) is 4.62. The topological polar surface area (TPSA) is 46.9 Å². The van der Waals surface area contributed by atoms with Gasteiger partial charge in [0.15, 0.2) is 0 Å². The first kappa shape index (κ1) is 13.9. The first-order chi connectivity index (χ1) is 9.08. The zero-order valence-corrected chi connectivity index (χ0v) is 12.2. The number of benzene rings is 1. The van der Waals surface area contributed by atoms with Crippen molar-refractivity contribution < 1.29 is 4.79 Å². The Balaban J connectivity index is 2.61. The Hall–Kier alpha value is -1.55. The first-order valence-electron chi connectivity index (χ1n) is 6.33. The molecule has 0 aliphatic heterocycles. The van der Waals surface area contributed by atoms with Gasteiger partial charge in [-0.25, -0.2) is 4.98 Å². The number of likely N-dealkylation sites (N-methyl/N-ethyl adjacent to an activating group) is 1. The van der Waals surface area contributed by atoms with Crippen molar-refractivity contribution in [1.82, 2.24) is 14.9 Å². The highest BCUT2D eigenvalue weighted by molar-refractivity contribution is 6.17. The number of imidazole rings is 1. The van der Waals surface area contributed by atoms with E-state index in [1.54, 1.807) is 7.05 Å². The van der Waals surface area contributed by atoms with Gasteiger partial charge in [0.05, 0.1) is 11.0 Å². The molecule has 0 saturated heterocycles. The van der Waals surface area contributed by atoms with Crippen molar-refractivity contribution in [3.05, 3.63) is 29.6 Å². The highest BCUT2D eigenvalue weighted by Crippen LogP contribution is 2.23. The number of aryl methyl sites for hydroxylation is 2. The Kier molecular flexibility index (Phi) is 4.10. The van der Waals surface area contributed by atoms with E-state index in [0.717, 1.165) is 22.4 Å². The number of carbonyl (C=O) groups is 1. The molecule has 1 aromatic heterocycles. The van der Waals surface area contributed by atoms with E-state index in [-0.39, 0.29) is 11.9 Å². The van der Waals surface area contributed by atoms with Gasteiger partial charge in [-0.05, 0) is 31.5 Å². The Morgan fingerprint density at radius 3 is 2.89 bits per heavy atom. The molecule has 4 nitrogen and oxygen atoms in total. The van der Waals surface area contributed by atoms with Crippen LogP contribution in [0, 0.1) is 6.92 Å². The molecule has 0 spiro atoms. The smallest absolute Gasteiger partial charge is 0.242 e. The summed E-state index contributed by atoms with van der Waals surface area (Å²) in [5, 5.41) is 2.68. The van der Waals surface area contributed by atoms with Crippen molar-refractivity contribution >= 4 is 28.5 Å². The van der Waals surface area contributed by atoms with E-state index in [9.17, 15) is 4.79 Å². The SMILES string of the molecule is CNC(=O)C(C)n1c(CCCl)nc2cc(C)ccc21. The van der Waals surface area contributed by atoms with Crippen molar-refractivity contribution in [3.63, 3.8) is 0 Å². The minimum Gasteiger partial charge on any atom is -0.357 e. The lowest BCUT2D eigenvalue weighted by atomic mass is 10.2. The van der Waals surface area contributed by atoms with E-state index < -0.39 is 0 Å². The van der Waals surface area contributed by atoms with Crippen LogP contribution >= 0.6 is 11.6 Å². The zero-order valence-electron chi connectivity index (χ0n) is 11.4. The summed E-state index contributed by atoms with van der Waals surface area (Å²) in [6, 6.07) is 5.77. The normalized spacial score (nSPS) is 12.6. The second kappa shape index (κ2) is 5.61. The standard InChI is InChI=1S/C14H18ClN3O/c1-9-4-5-12-11(8-9)17-13(6-7-15)18(12)10(2)14(19)16-3/h4-5,8,10H,6-7H2,1-3H3,(H,16,19). The van der Waals surface area contributed by atoms with Crippen LogP contribution in [-0.4, -0.2) is 28.4 Å². The summed E-state index contributed by atoms with van der Waals surface area (Å²) >= 11 is 5.83. The number of halogens is 1. The summed E-state index contributed by atoms with van der Waals surface area (Å²) < 4.78 is 1.97. The first-order valence-corrected chi connectivity index (χ1v) is 6.87. The Morgan fingerprint density at radius 2 is 2.26 bits per heavy atom. The number of aromatic nitrogens is 2. The number of amides is 1. The van der Waals surface area contributed by atoms with E-state index in [2.05, 4.69) is 10.3 Å². The largest absolute Gasteiger partial charge is 0.357 e. The summed E-state index contributed by atoms with van der Waals surface area (Å²) in [5.74, 6) is 1.31. The second-order valence-corrected chi connectivity index (χ2v) is 5.00. The monoisotopic (exact) mass is 279 g/mol. The van der Waals surface area contributed by atoms with Crippen molar-refractivity contribution in [2.24, 2.45) is 0 Å². The molecule has 2 rings (SSSR count). The quantitative estimate of drug-likeness (QED) is 0.874. The molecule has 0 fully saturated rings. The lowest BCUT2D eigenvalue weighted by Crippen LogP contribution is -2.28. The zero-order chi connectivity index (χ0) is 14.0. The molecule has 1 N–H and O–H groups in total. The van der Waals surface area contributed by atoms with E-state index in [4.69, 9.17) is 11.6 Å². The molecule has 0 aliphatic carbocycles. The number of nitrogens with zero attached hydrogens (tertiary/aromatic N) is 2. The molecule has 0 radical (unpaired) electrons. The molecular formula is C14H18ClN3O. The van der Waals surface area contributed by atoms with Crippen LogP contribution in [-0.2, 0) is 11.2 Å². The predicted octanol–water partition coefficient (Wildman–Crippen LogP) is 2.43. The Morgan fingerprint density at radius 1 is 1.53 bits per heavy atom. The van der Waals surface area contributed by atoms with E-state index in [0.29, 0.717) is 12.3 Å². The van der Waals surface area contributed by atoms with Crippen molar-refractivity contribution in [3.8, 4) is 0 Å². The van der Waals surface area contributed by atoms with Crippen LogP contribution < -0.4 is 5.32 Å². The minimum atomic E-state index is -0.295. The van der Waals surface area contributed by atoms with Crippen LogP contribution in [0.1, 0.15) is 24.4 Å². The number of rotatable bonds is 4. The molecule has 19 heavy (non-hydrogen) atoms. The Labute approximate surface area is 117 Å². The van der Waals surface area contributed by atoms with Crippen LogP contribution in [0.15, 0.2) is 18.2 Å². The number of hydrogen-bond acceptors (Lipinski definition) is 2. The van der Waals surface area contributed by atoms with Crippen molar-refractivity contribution in [2.45, 2.75) is 26.3 Å². The molecular weight excluding hydrogens is 262 g/mol. The molecule has 2 aromatic rings. The number of hydrogen-bond donors (Lipinski definition) is 1. The van der Waals surface area contributed by atoms with E-state index in [1.165, 1.54) is 0 Å². The number of carbonyl (C=O) groups excluding carboxylic acids is 1. The van der Waals surface area contributed by atoms with Crippen LogP contribution in [0.4, 0.5) is 0 Å². The average molecular weight is 280 g/mol. The maximum atomic E-state index is 11.9. The van der Waals surface area contributed by atoms with E-state index >= 15 is 0 Å². The summed E-state index contributed by atoms with van der Waals surface area (Å²) in [4.78, 5) is 16.5. The van der Waals surface area contributed by atoms with E-state index in [1.807, 2.05) is 36.6 Å². The van der Waals surface area contributed by atoms with Crippen LogP contribution in [0.5, 0.6) is 0 Å². The van der Waals surface area contributed by atoms with Crippen molar-refractivity contribution in [2.75, 3.05) is 12.9 Å². The third kappa shape index (κ3) is 2.59. The van der Waals surface area contributed by atoms with Gasteiger partial charge < -0.3 is 9.88 Å². The van der Waals surface area contributed by atoms with Crippen LogP contribution in [0.3, 0.4) is 0 Å². The number of fused-ring (bicyclic) bond motifs is 1. The summed E-state index contributed by atoms with van der Waals surface area (Å²) in [7, 11) is 1.64. The molecule has 0 aliphatic rings. The molecule has 0 bridgehead atoms. The number of alkyl halides is 1. The summed E-state index contributed by atoms with van der Waals surface area (Å²) in [6.07, 6.45) is 0.649. The predicted molar refractivity (Wildman–Crippen MR) is 77.7 cm³/mol. The fraction of sp³-hybridized carbons (Fsp3) is 0.429. The highest BCUT2D eigenvalue weighted by Gasteiger charge is 2.20. The summed E-state index contributed by atoms with van der Waals surface area (Å²) in [6.45, 7) is 3.90. The van der Waals surface area contributed by atoms with Gasteiger partial charge in [0.2, 0.25) is 5.91 Å². The molecule has 1 heterocycles. The minimum absolute atomic E-state index is 0.0318. The highest BCUT2D eigenvalue weighted by atomic mass is 35.5. The molecule has 102 valence electrons. The third-order valence-corrected chi connectivity index (χ3v) is 3.44. The molecule has 5 heteroatoms. The van der Waals surface area contributed by atoms with Gasteiger partial charge in [-0.2, -0.15) is 0 Å². The number of nitrogens with one attached hydrogen (secondary N) is 1. The third-order valence-electron chi connectivity index (χ3n) is 3.25. The summed E-state index contributed by atoms with van der Waals surface area (Å²) in [5.41, 5.74) is 3.04. The maximum Gasteiger partial charge on any atom is 0.242 e. The fourth-order valence-electron chi connectivity index (χ4n) is 2.28. The lowest BCUT2D eigenvalue weighted by Gasteiger charge is -2.15. The molecule has 1 atom stereocenters. The van der Waals surface area contributed by atoms with Crippen LogP contribution in [0.25, 0.3) is 11.0 Å². The Bertz CT molecular complexity index is 606. The fourth-order valence-corrected chi connectivity index (χ4v) is 2.45. The average Bonchev–Trinajstić information content (AvgIpc) is 2.74. The molecule has 1 amide bonds. The van der Waals surface area contributed by atoms with Gasteiger partial charge in [0.1, 0.15) is 11.9 Å². The van der Waals surface area contributed by atoms with Crippen LogP contribution in [0.2, 0.25) is 0 Å². The lowest BCUT2D eigenvalue weighted by molar-refractivity contribution is -0.123. The van der Waals surface area contributed by atoms with Gasteiger partial charge in [-0.15, -0.1) is 11.6 Å². The van der Waals surface area contributed by atoms with Gasteiger partial charge in [0, 0.05) is 19.3 Å². The van der Waals surface area contributed by atoms with Crippen molar-refractivity contribution in [1.29, 1.82) is 0 Å². The van der Waals surface area contributed by atoms with Gasteiger partial charge in [-0.1, -0.05) is 6.07 Å². The van der Waals surface area contributed by atoms with Gasteiger partial charge >= 0.3 is 0 Å². The maximum absolute atomic E-state index is 11.9.